The number of hydrogen-bond acceptors (Lipinski definition) is 6. The van der Waals surface area contributed by atoms with Crippen molar-refractivity contribution in [3.05, 3.63) is 17.5 Å². The molecule has 1 N–H and O–H groups in total. The molecule has 6 heteroatoms. The standard InChI is InChI=1S/C14H24N4O2/c1-7-20-12(19)11-8-15-13(17-10(11)2)16-9-14(3,4)18(5)6/h8H,7,9H2,1-6H3,(H,15,16,17). The van der Waals surface area contributed by atoms with E-state index in [4.69, 9.17) is 4.74 Å². The zero-order valence-electron chi connectivity index (χ0n) is 13.1. The number of esters is 1. The number of aryl methyl sites for hydroxylation is 1. The molecular formula is C14H24N4O2. The van der Waals surface area contributed by atoms with Crippen molar-refractivity contribution in [3.8, 4) is 0 Å². The zero-order chi connectivity index (χ0) is 15.3. The molecule has 112 valence electrons. The molecule has 0 spiro atoms. The lowest BCUT2D eigenvalue weighted by Gasteiger charge is -2.32. The van der Waals surface area contributed by atoms with Crippen molar-refractivity contribution >= 4 is 11.9 Å². The molecule has 0 aliphatic rings. The van der Waals surface area contributed by atoms with Crippen molar-refractivity contribution in [2.45, 2.75) is 33.2 Å². The van der Waals surface area contributed by atoms with Crippen molar-refractivity contribution in [1.29, 1.82) is 0 Å². The number of carbonyl (C=O) groups excluding carboxylic acids is 1. The normalized spacial score (nSPS) is 11.6. The maximum absolute atomic E-state index is 11.7. The highest BCUT2D eigenvalue weighted by molar-refractivity contribution is 5.90. The Morgan fingerprint density at radius 2 is 2.10 bits per heavy atom. The molecule has 0 saturated heterocycles. The van der Waals surface area contributed by atoms with E-state index in [-0.39, 0.29) is 11.5 Å². The van der Waals surface area contributed by atoms with Crippen LogP contribution < -0.4 is 5.32 Å². The van der Waals surface area contributed by atoms with Crippen molar-refractivity contribution in [3.63, 3.8) is 0 Å². The monoisotopic (exact) mass is 280 g/mol. The first-order valence-electron chi connectivity index (χ1n) is 6.70. The van der Waals surface area contributed by atoms with Crippen molar-refractivity contribution in [2.75, 3.05) is 32.6 Å². The summed E-state index contributed by atoms with van der Waals surface area (Å²) in [6.45, 7) is 8.84. The number of nitrogens with zero attached hydrogens (tertiary/aromatic N) is 3. The Kier molecular flexibility index (Phi) is 5.44. The number of nitrogens with one attached hydrogen (secondary N) is 1. The van der Waals surface area contributed by atoms with E-state index in [0.29, 0.717) is 30.4 Å². The van der Waals surface area contributed by atoms with E-state index in [0.717, 1.165) is 0 Å². The Labute approximate surface area is 120 Å². The Morgan fingerprint density at radius 3 is 2.60 bits per heavy atom. The van der Waals surface area contributed by atoms with Crippen molar-refractivity contribution in [2.24, 2.45) is 0 Å². The van der Waals surface area contributed by atoms with Gasteiger partial charge < -0.3 is 15.0 Å². The average Bonchev–Trinajstić information content (AvgIpc) is 2.36. The zero-order valence-corrected chi connectivity index (χ0v) is 13.1. The second kappa shape index (κ2) is 6.65. The molecule has 0 amide bonds. The smallest absolute Gasteiger partial charge is 0.341 e. The lowest BCUT2D eigenvalue weighted by atomic mass is 10.1. The maximum Gasteiger partial charge on any atom is 0.341 e. The molecule has 20 heavy (non-hydrogen) atoms. The summed E-state index contributed by atoms with van der Waals surface area (Å²) in [4.78, 5) is 22.2. The van der Waals surface area contributed by atoms with Crippen molar-refractivity contribution in [1.82, 2.24) is 14.9 Å². The lowest BCUT2D eigenvalue weighted by Crippen LogP contribution is -2.44. The summed E-state index contributed by atoms with van der Waals surface area (Å²) < 4.78 is 4.95. The first-order valence-corrected chi connectivity index (χ1v) is 6.70. The van der Waals surface area contributed by atoms with E-state index in [1.54, 1.807) is 13.8 Å². The molecule has 1 aromatic heterocycles. The van der Waals surface area contributed by atoms with Gasteiger partial charge in [0.15, 0.2) is 0 Å². The van der Waals surface area contributed by atoms with Crippen LogP contribution in [0.15, 0.2) is 6.20 Å². The Hall–Kier alpha value is -1.69. The summed E-state index contributed by atoms with van der Waals surface area (Å²) in [5, 5.41) is 3.19. The fourth-order valence-electron chi connectivity index (χ4n) is 1.41. The molecule has 0 aliphatic carbocycles. The highest BCUT2D eigenvalue weighted by Gasteiger charge is 2.20. The number of anilines is 1. The summed E-state index contributed by atoms with van der Waals surface area (Å²) in [5.74, 6) is 0.135. The minimum atomic E-state index is -0.384. The molecule has 0 saturated carbocycles. The Morgan fingerprint density at radius 1 is 1.45 bits per heavy atom. The molecular weight excluding hydrogens is 256 g/mol. The number of ether oxygens (including phenoxy) is 1. The largest absolute Gasteiger partial charge is 0.462 e. The lowest BCUT2D eigenvalue weighted by molar-refractivity contribution is 0.0524. The first kappa shape index (κ1) is 16.4. The van der Waals surface area contributed by atoms with Crippen LogP contribution in [0, 0.1) is 6.92 Å². The van der Waals surface area contributed by atoms with Gasteiger partial charge in [-0.05, 0) is 41.8 Å². The minimum absolute atomic E-state index is 0.0168. The van der Waals surface area contributed by atoms with Gasteiger partial charge in [0.1, 0.15) is 0 Å². The van der Waals surface area contributed by atoms with Crippen LogP contribution in [0.25, 0.3) is 0 Å². The number of hydrogen-bond donors (Lipinski definition) is 1. The molecule has 0 atom stereocenters. The second-order valence-electron chi connectivity index (χ2n) is 5.47. The highest BCUT2D eigenvalue weighted by Crippen LogP contribution is 2.12. The van der Waals surface area contributed by atoms with Crippen LogP contribution in [0.2, 0.25) is 0 Å². The van der Waals surface area contributed by atoms with Crippen LogP contribution in [0.3, 0.4) is 0 Å². The van der Waals surface area contributed by atoms with Gasteiger partial charge in [0.2, 0.25) is 5.95 Å². The topological polar surface area (TPSA) is 67.3 Å². The third kappa shape index (κ3) is 4.16. The number of likely N-dealkylation sites (N-methyl/N-ethyl adjacent to an activating group) is 1. The van der Waals surface area contributed by atoms with Gasteiger partial charge in [-0.1, -0.05) is 0 Å². The Balaban J connectivity index is 2.76. The first-order chi connectivity index (χ1) is 9.27. The quantitative estimate of drug-likeness (QED) is 0.800. The van der Waals surface area contributed by atoms with E-state index >= 15 is 0 Å². The summed E-state index contributed by atoms with van der Waals surface area (Å²) >= 11 is 0. The minimum Gasteiger partial charge on any atom is -0.462 e. The predicted molar refractivity (Wildman–Crippen MR) is 79.0 cm³/mol. The van der Waals surface area contributed by atoms with Gasteiger partial charge in [0, 0.05) is 18.3 Å². The van der Waals surface area contributed by atoms with E-state index in [2.05, 4.69) is 34.0 Å². The SMILES string of the molecule is CCOC(=O)c1cnc(NCC(C)(C)N(C)C)nc1C. The van der Waals surface area contributed by atoms with Crippen LogP contribution in [0.5, 0.6) is 0 Å². The third-order valence-corrected chi connectivity index (χ3v) is 3.36. The predicted octanol–water partition coefficient (Wildman–Crippen LogP) is 1.71. The summed E-state index contributed by atoms with van der Waals surface area (Å²) in [6.07, 6.45) is 1.51. The second-order valence-corrected chi connectivity index (χ2v) is 5.47. The van der Waals surface area contributed by atoms with E-state index in [1.807, 2.05) is 14.1 Å². The number of rotatable bonds is 6. The summed E-state index contributed by atoms with van der Waals surface area (Å²) in [5.41, 5.74) is 1.00. The van der Waals surface area contributed by atoms with Crippen LogP contribution in [0.4, 0.5) is 5.95 Å². The van der Waals surface area contributed by atoms with Gasteiger partial charge in [0.05, 0.1) is 17.9 Å². The van der Waals surface area contributed by atoms with Crippen molar-refractivity contribution < 1.29 is 9.53 Å². The molecule has 0 unspecified atom stereocenters. The molecule has 6 nitrogen and oxygen atoms in total. The molecule has 0 radical (unpaired) electrons. The van der Waals surface area contributed by atoms with Crippen LogP contribution in [-0.4, -0.2) is 53.6 Å². The molecule has 0 bridgehead atoms. The average molecular weight is 280 g/mol. The highest BCUT2D eigenvalue weighted by atomic mass is 16.5. The van der Waals surface area contributed by atoms with Gasteiger partial charge in [-0.3, -0.25) is 0 Å². The number of carbonyl (C=O) groups is 1. The summed E-state index contributed by atoms with van der Waals surface area (Å²) in [7, 11) is 4.05. The fraction of sp³-hybridized carbons (Fsp3) is 0.643. The molecule has 1 rings (SSSR count). The fourth-order valence-corrected chi connectivity index (χ4v) is 1.41. The molecule has 0 aliphatic heterocycles. The van der Waals surface area contributed by atoms with Crippen LogP contribution in [0.1, 0.15) is 36.8 Å². The van der Waals surface area contributed by atoms with Gasteiger partial charge in [0.25, 0.3) is 0 Å². The van der Waals surface area contributed by atoms with E-state index in [1.165, 1.54) is 6.20 Å². The Bertz CT molecular complexity index is 472. The van der Waals surface area contributed by atoms with Gasteiger partial charge in [-0.25, -0.2) is 14.8 Å². The summed E-state index contributed by atoms with van der Waals surface area (Å²) in [6, 6.07) is 0. The van der Waals surface area contributed by atoms with Crippen LogP contribution >= 0.6 is 0 Å². The van der Waals surface area contributed by atoms with E-state index in [9.17, 15) is 4.79 Å². The van der Waals surface area contributed by atoms with Crippen LogP contribution in [-0.2, 0) is 4.74 Å². The third-order valence-electron chi connectivity index (χ3n) is 3.36. The van der Waals surface area contributed by atoms with Gasteiger partial charge in [-0.2, -0.15) is 0 Å². The molecule has 0 aromatic carbocycles. The molecule has 1 aromatic rings. The molecule has 1 heterocycles. The van der Waals surface area contributed by atoms with E-state index < -0.39 is 0 Å². The molecule has 0 fully saturated rings. The maximum atomic E-state index is 11.7. The van der Waals surface area contributed by atoms with Gasteiger partial charge >= 0.3 is 5.97 Å². The van der Waals surface area contributed by atoms with Gasteiger partial charge in [-0.15, -0.1) is 0 Å². The number of aromatic nitrogens is 2.